The van der Waals surface area contributed by atoms with Crippen LogP contribution < -0.4 is 5.32 Å². The van der Waals surface area contributed by atoms with Crippen molar-refractivity contribution < 1.29 is 9.59 Å². The van der Waals surface area contributed by atoms with E-state index in [1.54, 1.807) is 28.2 Å². The molecule has 1 rings (SSSR count). The van der Waals surface area contributed by atoms with Crippen molar-refractivity contribution in [3.8, 4) is 0 Å². The maximum atomic E-state index is 12.0. The summed E-state index contributed by atoms with van der Waals surface area (Å²) in [7, 11) is 1.79. The largest absolute Gasteiger partial charge is 0.348 e. The van der Waals surface area contributed by atoms with E-state index in [1.807, 2.05) is 38.3 Å². The van der Waals surface area contributed by atoms with Crippen LogP contribution >= 0.6 is 11.3 Å². The van der Waals surface area contributed by atoms with Crippen LogP contribution in [0.15, 0.2) is 17.5 Å². The molecule has 6 heteroatoms. The molecule has 1 N–H and O–H groups in total. The number of amides is 2. The quantitative estimate of drug-likeness (QED) is 0.795. The third-order valence-electron chi connectivity index (χ3n) is 3.28. The first-order chi connectivity index (χ1) is 9.97. The number of hydrogen-bond donors (Lipinski definition) is 1. The molecule has 0 aliphatic carbocycles. The van der Waals surface area contributed by atoms with Gasteiger partial charge in [0.25, 0.3) is 0 Å². The van der Waals surface area contributed by atoms with Crippen molar-refractivity contribution >= 4 is 23.2 Å². The summed E-state index contributed by atoms with van der Waals surface area (Å²) in [6.07, 6.45) is 0. The smallest absolute Gasteiger partial charge is 0.236 e. The van der Waals surface area contributed by atoms with Gasteiger partial charge in [-0.25, -0.2) is 0 Å². The van der Waals surface area contributed by atoms with Crippen molar-refractivity contribution in [3.63, 3.8) is 0 Å². The van der Waals surface area contributed by atoms with Gasteiger partial charge in [-0.05, 0) is 39.3 Å². The van der Waals surface area contributed by atoms with Gasteiger partial charge in [0.2, 0.25) is 11.8 Å². The number of carbonyl (C=O) groups excluding carboxylic acids is 2. The van der Waals surface area contributed by atoms with E-state index in [4.69, 9.17) is 0 Å². The molecule has 1 unspecified atom stereocenters. The van der Waals surface area contributed by atoms with Gasteiger partial charge in [0.1, 0.15) is 0 Å². The first-order valence-corrected chi connectivity index (χ1v) is 8.14. The molecule has 0 saturated heterocycles. The first-order valence-electron chi connectivity index (χ1n) is 7.27. The Morgan fingerprint density at radius 2 is 1.95 bits per heavy atom. The molecular formula is C15H25N3O2S. The molecule has 0 saturated carbocycles. The molecule has 0 fully saturated rings. The van der Waals surface area contributed by atoms with Crippen molar-refractivity contribution in [3.05, 3.63) is 22.4 Å². The molecule has 1 heterocycles. The standard InChI is InChI=1S/C15H25N3O2S/c1-5-18(6-2)15(20)11-17(4)10-14(19)16-12(3)13-8-7-9-21-13/h7-9,12H,5-6,10-11H2,1-4H3,(H,16,19). The summed E-state index contributed by atoms with van der Waals surface area (Å²) in [5.74, 6) is -0.00708. The van der Waals surface area contributed by atoms with Crippen LogP contribution in [0.3, 0.4) is 0 Å². The highest BCUT2D eigenvalue weighted by Crippen LogP contribution is 2.17. The molecule has 1 aromatic rings. The lowest BCUT2D eigenvalue weighted by atomic mass is 10.2. The van der Waals surface area contributed by atoms with Gasteiger partial charge >= 0.3 is 0 Å². The van der Waals surface area contributed by atoms with E-state index in [9.17, 15) is 9.59 Å². The molecule has 0 aliphatic heterocycles. The van der Waals surface area contributed by atoms with Crippen molar-refractivity contribution in [1.82, 2.24) is 15.1 Å². The number of carbonyl (C=O) groups is 2. The normalized spacial score (nSPS) is 12.2. The highest BCUT2D eigenvalue weighted by atomic mass is 32.1. The summed E-state index contributed by atoms with van der Waals surface area (Å²) in [6.45, 7) is 7.76. The van der Waals surface area contributed by atoms with Crippen LogP contribution in [0.4, 0.5) is 0 Å². The van der Waals surface area contributed by atoms with Gasteiger partial charge in [-0.3, -0.25) is 14.5 Å². The monoisotopic (exact) mass is 311 g/mol. The SMILES string of the molecule is CCN(CC)C(=O)CN(C)CC(=O)NC(C)c1cccs1. The van der Waals surface area contributed by atoms with Crippen LogP contribution in [0, 0.1) is 0 Å². The van der Waals surface area contributed by atoms with Crippen LogP contribution in [-0.4, -0.2) is 54.8 Å². The Morgan fingerprint density at radius 1 is 1.29 bits per heavy atom. The lowest BCUT2D eigenvalue weighted by molar-refractivity contribution is -0.132. The molecule has 0 spiro atoms. The van der Waals surface area contributed by atoms with Gasteiger partial charge in [-0.15, -0.1) is 11.3 Å². The zero-order valence-electron chi connectivity index (χ0n) is 13.3. The minimum absolute atomic E-state index is 0.00406. The molecule has 2 amide bonds. The van der Waals surface area contributed by atoms with Crippen molar-refractivity contribution in [2.75, 3.05) is 33.2 Å². The van der Waals surface area contributed by atoms with Crippen LogP contribution in [0.5, 0.6) is 0 Å². The van der Waals surface area contributed by atoms with Gasteiger partial charge in [0, 0.05) is 18.0 Å². The van der Waals surface area contributed by atoms with Crippen molar-refractivity contribution in [1.29, 1.82) is 0 Å². The summed E-state index contributed by atoms with van der Waals surface area (Å²) in [5, 5.41) is 4.94. The molecular weight excluding hydrogens is 286 g/mol. The van der Waals surface area contributed by atoms with Gasteiger partial charge in [0.05, 0.1) is 19.1 Å². The zero-order valence-corrected chi connectivity index (χ0v) is 14.1. The number of thiophene rings is 1. The van der Waals surface area contributed by atoms with Crippen molar-refractivity contribution in [2.24, 2.45) is 0 Å². The van der Waals surface area contributed by atoms with E-state index in [-0.39, 0.29) is 30.9 Å². The average molecular weight is 311 g/mol. The minimum atomic E-state index is -0.0641. The molecule has 1 atom stereocenters. The second-order valence-electron chi connectivity index (χ2n) is 5.04. The highest BCUT2D eigenvalue weighted by Gasteiger charge is 2.16. The Hall–Kier alpha value is -1.40. The number of hydrogen-bond acceptors (Lipinski definition) is 4. The predicted octanol–water partition coefficient (Wildman–Crippen LogP) is 1.73. The van der Waals surface area contributed by atoms with Crippen LogP contribution in [0.1, 0.15) is 31.7 Å². The fourth-order valence-electron chi connectivity index (χ4n) is 2.10. The van der Waals surface area contributed by atoms with Crippen LogP contribution in [-0.2, 0) is 9.59 Å². The van der Waals surface area contributed by atoms with E-state index in [2.05, 4.69) is 5.32 Å². The van der Waals surface area contributed by atoms with Crippen LogP contribution in [0.25, 0.3) is 0 Å². The van der Waals surface area contributed by atoms with Gasteiger partial charge in [-0.1, -0.05) is 6.07 Å². The van der Waals surface area contributed by atoms with Gasteiger partial charge in [-0.2, -0.15) is 0 Å². The topological polar surface area (TPSA) is 52.7 Å². The van der Waals surface area contributed by atoms with E-state index in [0.717, 1.165) is 4.88 Å². The number of nitrogens with one attached hydrogen (secondary N) is 1. The first kappa shape index (κ1) is 17.7. The van der Waals surface area contributed by atoms with Crippen molar-refractivity contribution in [2.45, 2.75) is 26.8 Å². The maximum absolute atomic E-state index is 12.0. The molecule has 21 heavy (non-hydrogen) atoms. The van der Waals surface area contributed by atoms with E-state index in [1.165, 1.54) is 0 Å². The maximum Gasteiger partial charge on any atom is 0.236 e. The molecule has 1 aromatic heterocycles. The molecule has 0 bridgehead atoms. The second kappa shape index (κ2) is 8.79. The highest BCUT2D eigenvalue weighted by molar-refractivity contribution is 7.10. The fourth-order valence-corrected chi connectivity index (χ4v) is 2.84. The number of rotatable bonds is 8. The average Bonchev–Trinajstić information content (AvgIpc) is 2.93. The van der Waals surface area contributed by atoms with E-state index < -0.39 is 0 Å². The molecule has 0 radical (unpaired) electrons. The Balaban J connectivity index is 2.38. The third-order valence-corrected chi connectivity index (χ3v) is 4.34. The summed E-state index contributed by atoms with van der Waals surface area (Å²) in [4.78, 5) is 28.6. The minimum Gasteiger partial charge on any atom is -0.348 e. The molecule has 0 aromatic carbocycles. The van der Waals surface area contributed by atoms with Crippen LogP contribution in [0.2, 0.25) is 0 Å². The lowest BCUT2D eigenvalue weighted by Gasteiger charge is -2.23. The summed E-state index contributed by atoms with van der Waals surface area (Å²) in [5.41, 5.74) is 0. The number of likely N-dealkylation sites (N-methyl/N-ethyl adjacent to an activating group) is 2. The van der Waals surface area contributed by atoms with E-state index in [0.29, 0.717) is 13.1 Å². The Morgan fingerprint density at radius 3 is 2.48 bits per heavy atom. The fraction of sp³-hybridized carbons (Fsp3) is 0.600. The lowest BCUT2D eigenvalue weighted by Crippen LogP contribution is -2.42. The molecule has 0 aliphatic rings. The second-order valence-corrected chi connectivity index (χ2v) is 6.02. The Bertz CT molecular complexity index is 444. The van der Waals surface area contributed by atoms with Gasteiger partial charge in [0.15, 0.2) is 0 Å². The predicted molar refractivity (Wildman–Crippen MR) is 86.3 cm³/mol. The molecule has 118 valence electrons. The Kier molecular flexibility index (Phi) is 7.39. The number of nitrogens with zero attached hydrogens (tertiary/aromatic N) is 2. The molecule has 5 nitrogen and oxygen atoms in total. The third kappa shape index (κ3) is 5.85. The Labute approximate surface area is 130 Å². The van der Waals surface area contributed by atoms with E-state index >= 15 is 0 Å². The summed E-state index contributed by atoms with van der Waals surface area (Å²) < 4.78 is 0. The summed E-state index contributed by atoms with van der Waals surface area (Å²) in [6, 6.07) is 3.98. The summed E-state index contributed by atoms with van der Waals surface area (Å²) >= 11 is 1.62. The van der Waals surface area contributed by atoms with Gasteiger partial charge < -0.3 is 10.2 Å². The zero-order chi connectivity index (χ0) is 15.8.